The van der Waals surface area contributed by atoms with Crippen LogP contribution >= 0.6 is 0 Å². The van der Waals surface area contributed by atoms with Crippen LogP contribution in [0.4, 0.5) is 5.82 Å². The lowest BCUT2D eigenvalue weighted by Gasteiger charge is -2.22. The summed E-state index contributed by atoms with van der Waals surface area (Å²) in [5.41, 5.74) is 8.55. The van der Waals surface area contributed by atoms with Gasteiger partial charge in [0, 0.05) is 17.1 Å². The molecule has 3 N–H and O–H groups in total. The molecule has 0 radical (unpaired) electrons. The molecule has 4 aromatic rings. The first-order chi connectivity index (χ1) is 12.8. The number of aromatic nitrogens is 3. The predicted molar refractivity (Wildman–Crippen MR) is 108 cm³/mol. The van der Waals surface area contributed by atoms with Crippen LogP contribution in [0.15, 0.2) is 54.7 Å². The minimum Gasteiger partial charge on any atom is -0.365 e. The molecule has 0 spiro atoms. The van der Waals surface area contributed by atoms with Crippen molar-refractivity contribution in [2.24, 2.45) is 5.73 Å². The fourth-order valence-electron chi connectivity index (χ4n) is 3.11. The van der Waals surface area contributed by atoms with Crippen LogP contribution in [0.25, 0.3) is 27.9 Å². The molecule has 0 aliphatic heterocycles. The molecule has 27 heavy (non-hydrogen) atoms. The van der Waals surface area contributed by atoms with Gasteiger partial charge in [0.25, 0.3) is 5.91 Å². The van der Waals surface area contributed by atoms with Crippen LogP contribution in [-0.4, -0.2) is 25.8 Å². The fraction of sp³-hybridized carbons (Fsp3) is 0.190. The van der Waals surface area contributed by atoms with Gasteiger partial charge in [-0.15, -0.1) is 0 Å². The van der Waals surface area contributed by atoms with Gasteiger partial charge in [-0.05, 0) is 45.0 Å². The summed E-state index contributed by atoms with van der Waals surface area (Å²) in [7, 11) is 0. The average molecular weight is 359 g/mol. The summed E-state index contributed by atoms with van der Waals surface area (Å²) in [5, 5.41) is 4.56. The zero-order valence-electron chi connectivity index (χ0n) is 15.5. The third-order valence-electron chi connectivity index (χ3n) is 4.25. The smallest absolute Gasteiger partial charge is 0.252 e. The fourth-order valence-corrected chi connectivity index (χ4v) is 3.11. The summed E-state index contributed by atoms with van der Waals surface area (Å²) in [4.78, 5) is 21.4. The number of para-hydroxylation sites is 1. The zero-order chi connectivity index (χ0) is 19.2. The van der Waals surface area contributed by atoms with Crippen molar-refractivity contribution in [3.05, 3.63) is 60.3 Å². The predicted octanol–water partition coefficient (Wildman–Crippen LogP) is 3.86. The van der Waals surface area contributed by atoms with E-state index < -0.39 is 5.91 Å². The molecule has 0 aliphatic carbocycles. The van der Waals surface area contributed by atoms with Crippen molar-refractivity contribution in [1.29, 1.82) is 0 Å². The maximum absolute atomic E-state index is 11.9. The van der Waals surface area contributed by atoms with Crippen LogP contribution in [0, 0.1) is 0 Å². The number of anilines is 1. The van der Waals surface area contributed by atoms with E-state index in [0.717, 1.165) is 22.4 Å². The number of fused-ring (bicyclic) bond motifs is 2. The number of nitrogens with zero attached hydrogens (tertiary/aromatic N) is 3. The summed E-state index contributed by atoms with van der Waals surface area (Å²) in [6, 6.07) is 15.4. The lowest BCUT2D eigenvalue weighted by molar-refractivity contribution is 0.100. The largest absolute Gasteiger partial charge is 0.365 e. The number of nitrogens with one attached hydrogen (secondary N) is 1. The van der Waals surface area contributed by atoms with Gasteiger partial charge < -0.3 is 11.1 Å². The third kappa shape index (κ3) is 3.10. The van der Waals surface area contributed by atoms with Gasteiger partial charge in [0.2, 0.25) is 0 Å². The number of carbonyl (C=O) groups excluding carboxylic acids is 1. The highest BCUT2D eigenvalue weighted by molar-refractivity contribution is 5.99. The Labute approximate surface area is 157 Å². The summed E-state index contributed by atoms with van der Waals surface area (Å²) in [5.74, 6) is 0.273. The molecule has 3 heterocycles. The third-order valence-corrected chi connectivity index (χ3v) is 4.25. The van der Waals surface area contributed by atoms with Gasteiger partial charge in [0.05, 0.1) is 16.8 Å². The number of hydrogen-bond acceptors (Lipinski definition) is 4. The van der Waals surface area contributed by atoms with Crippen molar-refractivity contribution < 1.29 is 4.79 Å². The van der Waals surface area contributed by atoms with Crippen LogP contribution in [0.5, 0.6) is 0 Å². The first-order valence-electron chi connectivity index (χ1n) is 8.79. The van der Waals surface area contributed by atoms with Gasteiger partial charge in [0.1, 0.15) is 11.5 Å². The molecule has 1 aromatic carbocycles. The lowest BCUT2D eigenvalue weighted by Crippen LogP contribution is -2.27. The molecule has 0 saturated heterocycles. The van der Waals surface area contributed by atoms with E-state index in [1.807, 2.05) is 47.0 Å². The van der Waals surface area contributed by atoms with Crippen molar-refractivity contribution in [1.82, 2.24) is 14.4 Å². The van der Waals surface area contributed by atoms with Crippen molar-refractivity contribution in [2.45, 2.75) is 26.3 Å². The Kier molecular flexibility index (Phi) is 3.84. The highest BCUT2D eigenvalue weighted by atomic mass is 16.1. The number of carbonyl (C=O) groups is 1. The first-order valence-corrected chi connectivity index (χ1v) is 8.79. The van der Waals surface area contributed by atoms with E-state index >= 15 is 0 Å². The number of imidazole rings is 1. The zero-order valence-corrected chi connectivity index (χ0v) is 15.5. The normalized spacial score (nSPS) is 11.8. The van der Waals surface area contributed by atoms with E-state index in [4.69, 9.17) is 15.7 Å². The Morgan fingerprint density at radius 2 is 1.81 bits per heavy atom. The standard InChI is InChI=1S/C21H21N5O/c1-21(2,3)25-20-17(16-11-10-13-7-4-5-9-15(13)23-16)24-19-14(18(22)27)8-6-12-26(19)20/h4-12,25H,1-3H3,(H2,22,27). The molecule has 0 saturated carbocycles. The van der Waals surface area contributed by atoms with Crippen LogP contribution in [-0.2, 0) is 0 Å². The monoisotopic (exact) mass is 359 g/mol. The molecule has 0 atom stereocenters. The molecule has 6 nitrogen and oxygen atoms in total. The Bertz CT molecular complexity index is 1170. The number of pyridine rings is 2. The van der Waals surface area contributed by atoms with Crippen LogP contribution in [0.1, 0.15) is 31.1 Å². The first kappa shape index (κ1) is 17.0. The van der Waals surface area contributed by atoms with Crippen molar-refractivity contribution >= 4 is 28.3 Å². The topological polar surface area (TPSA) is 85.3 Å². The van der Waals surface area contributed by atoms with E-state index in [0.29, 0.717) is 16.9 Å². The maximum Gasteiger partial charge on any atom is 0.252 e. The van der Waals surface area contributed by atoms with Gasteiger partial charge in [-0.2, -0.15) is 0 Å². The number of hydrogen-bond donors (Lipinski definition) is 2. The van der Waals surface area contributed by atoms with Gasteiger partial charge in [0.15, 0.2) is 5.65 Å². The molecule has 0 aliphatic rings. The molecule has 6 heteroatoms. The summed E-state index contributed by atoms with van der Waals surface area (Å²) < 4.78 is 1.86. The number of primary amides is 1. The Hall–Kier alpha value is -3.41. The second kappa shape index (κ2) is 6.09. The number of nitrogens with two attached hydrogens (primary N) is 1. The maximum atomic E-state index is 11.9. The van der Waals surface area contributed by atoms with E-state index in [9.17, 15) is 4.79 Å². The van der Waals surface area contributed by atoms with Gasteiger partial charge in [-0.1, -0.05) is 24.3 Å². The van der Waals surface area contributed by atoms with Crippen molar-refractivity contribution in [3.8, 4) is 11.4 Å². The quantitative estimate of drug-likeness (QED) is 0.582. The highest BCUT2D eigenvalue weighted by Gasteiger charge is 2.22. The molecular weight excluding hydrogens is 338 g/mol. The van der Waals surface area contributed by atoms with Crippen LogP contribution in [0.3, 0.4) is 0 Å². The van der Waals surface area contributed by atoms with E-state index in [1.54, 1.807) is 12.1 Å². The number of rotatable bonds is 3. The lowest BCUT2D eigenvalue weighted by atomic mass is 10.1. The summed E-state index contributed by atoms with van der Waals surface area (Å²) in [6.07, 6.45) is 1.87. The molecule has 0 bridgehead atoms. The second-order valence-corrected chi connectivity index (χ2v) is 7.55. The number of amides is 1. The van der Waals surface area contributed by atoms with E-state index in [1.165, 1.54) is 0 Å². The van der Waals surface area contributed by atoms with Crippen molar-refractivity contribution in [2.75, 3.05) is 5.32 Å². The minimum atomic E-state index is -0.508. The SMILES string of the molecule is CC(C)(C)Nc1c(-c2ccc3ccccc3n2)nc2c(C(N)=O)cccn12. The van der Waals surface area contributed by atoms with E-state index in [2.05, 4.69) is 26.1 Å². The van der Waals surface area contributed by atoms with Crippen molar-refractivity contribution in [3.63, 3.8) is 0 Å². The van der Waals surface area contributed by atoms with Gasteiger partial charge >= 0.3 is 0 Å². The minimum absolute atomic E-state index is 0.204. The Morgan fingerprint density at radius 1 is 1.04 bits per heavy atom. The highest BCUT2D eigenvalue weighted by Crippen LogP contribution is 2.31. The summed E-state index contributed by atoms with van der Waals surface area (Å²) >= 11 is 0. The molecule has 0 unspecified atom stereocenters. The molecule has 4 rings (SSSR count). The number of benzene rings is 1. The molecule has 136 valence electrons. The second-order valence-electron chi connectivity index (χ2n) is 7.55. The summed E-state index contributed by atoms with van der Waals surface area (Å²) in [6.45, 7) is 6.21. The Morgan fingerprint density at radius 3 is 2.56 bits per heavy atom. The van der Waals surface area contributed by atoms with E-state index in [-0.39, 0.29) is 5.54 Å². The molecular formula is C21H21N5O. The molecule has 0 fully saturated rings. The van der Waals surface area contributed by atoms with Gasteiger partial charge in [-0.25, -0.2) is 9.97 Å². The Balaban J connectivity index is 2.01. The van der Waals surface area contributed by atoms with Gasteiger partial charge in [-0.3, -0.25) is 9.20 Å². The molecule has 1 amide bonds. The molecule has 3 aromatic heterocycles. The average Bonchev–Trinajstić information content (AvgIpc) is 2.98. The van der Waals surface area contributed by atoms with Crippen LogP contribution in [0.2, 0.25) is 0 Å². The van der Waals surface area contributed by atoms with Crippen LogP contribution < -0.4 is 11.1 Å².